The average molecular weight is 284 g/mol. The third-order valence-corrected chi connectivity index (χ3v) is 3.09. The summed E-state index contributed by atoms with van der Waals surface area (Å²) in [5.74, 6) is 0.826. The van der Waals surface area contributed by atoms with Crippen LogP contribution < -0.4 is 5.32 Å². The van der Waals surface area contributed by atoms with Gasteiger partial charge < -0.3 is 9.73 Å². The summed E-state index contributed by atoms with van der Waals surface area (Å²) in [6.07, 6.45) is 4.43. The van der Waals surface area contributed by atoms with Gasteiger partial charge in [-0.3, -0.25) is 4.79 Å². The topological polar surface area (TPSA) is 54.6 Å². The Hall–Kier alpha value is -2.69. The van der Waals surface area contributed by atoms with Gasteiger partial charge in [-0.15, -0.1) is 0 Å². The molecule has 3 rings (SSSR count). The highest BCUT2D eigenvalue weighted by atomic mass is 19.1. The molecule has 2 aromatic rings. The zero-order chi connectivity index (χ0) is 14.7. The molecule has 0 saturated carbocycles. The molecule has 1 aromatic carbocycles. The van der Waals surface area contributed by atoms with Gasteiger partial charge in [-0.25, -0.2) is 9.38 Å². The van der Waals surface area contributed by atoms with Crippen molar-refractivity contribution in [3.63, 3.8) is 0 Å². The van der Waals surface area contributed by atoms with Crippen molar-refractivity contribution >= 4 is 17.8 Å². The molecule has 0 atom stereocenters. The quantitative estimate of drug-likeness (QED) is 0.878. The molecule has 0 radical (unpaired) electrons. The number of carbonyl (C=O) groups excluding carboxylic acids is 1. The van der Waals surface area contributed by atoms with E-state index in [1.54, 1.807) is 24.5 Å². The molecule has 0 fully saturated rings. The first-order chi connectivity index (χ1) is 10.2. The summed E-state index contributed by atoms with van der Waals surface area (Å²) in [5.41, 5.74) is 0.895. The first-order valence-corrected chi connectivity index (χ1v) is 6.59. The van der Waals surface area contributed by atoms with Gasteiger partial charge in [-0.1, -0.05) is 12.1 Å². The highest BCUT2D eigenvalue weighted by molar-refractivity contribution is 6.14. The second-order valence-corrected chi connectivity index (χ2v) is 4.68. The molecule has 1 aliphatic heterocycles. The molecule has 0 spiro atoms. The number of nitrogens with one attached hydrogen (secondary N) is 1. The lowest BCUT2D eigenvalue weighted by molar-refractivity contribution is -0.115. The van der Waals surface area contributed by atoms with Crippen molar-refractivity contribution in [2.75, 3.05) is 0 Å². The van der Waals surface area contributed by atoms with Gasteiger partial charge >= 0.3 is 0 Å². The van der Waals surface area contributed by atoms with E-state index in [1.165, 1.54) is 12.1 Å². The van der Waals surface area contributed by atoms with Gasteiger partial charge in [0.05, 0.1) is 6.26 Å². The molecule has 0 aliphatic carbocycles. The van der Waals surface area contributed by atoms with E-state index in [-0.39, 0.29) is 17.4 Å². The van der Waals surface area contributed by atoms with Crippen molar-refractivity contribution in [1.82, 2.24) is 5.32 Å². The van der Waals surface area contributed by atoms with Crippen LogP contribution in [0.3, 0.4) is 0 Å². The van der Waals surface area contributed by atoms with E-state index in [1.807, 2.05) is 12.1 Å². The molecule has 1 N–H and O–H groups in total. The highest BCUT2D eigenvalue weighted by Crippen LogP contribution is 2.15. The van der Waals surface area contributed by atoms with Gasteiger partial charge in [0.2, 0.25) is 0 Å². The van der Waals surface area contributed by atoms with Gasteiger partial charge in [0.1, 0.15) is 23.1 Å². The van der Waals surface area contributed by atoms with Crippen LogP contribution in [-0.4, -0.2) is 11.7 Å². The lowest BCUT2D eigenvalue weighted by atomic mass is 10.2. The molecule has 0 bridgehead atoms. The van der Waals surface area contributed by atoms with Crippen LogP contribution in [0.4, 0.5) is 4.39 Å². The van der Waals surface area contributed by atoms with Crippen LogP contribution >= 0.6 is 0 Å². The second-order valence-electron chi connectivity index (χ2n) is 4.68. The maximum atomic E-state index is 13.1. The number of amidine groups is 1. The largest absolute Gasteiger partial charge is 0.469 e. The van der Waals surface area contributed by atoms with Gasteiger partial charge in [0.25, 0.3) is 5.91 Å². The predicted molar refractivity (Wildman–Crippen MR) is 77.0 cm³/mol. The first-order valence-electron chi connectivity index (χ1n) is 6.59. The predicted octanol–water partition coefficient (Wildman–Crippen LogP) is 2.92. The monoisotopic (exact) mass is 284 g/mol. The third-order valence-electron chi connectivity index (χ3n) is 3.09. The fourth-order valence-corrected chi connectivity index (χ4v) is 2.09. The Morgan fingerprint density at radius 2 is 2.14 bits per heavy atom. The Morgan fingerprint density at radius 3 is 2.90 bits per heavy atom. The maximum absolute atomic E-state index is 13.1. The SMILES string of the molecule is O=C1NC(CCc2ccco2)=N/C1=C/c1cccc(F)c1. The van der Waals surface area contributed by atoms with Crippen LogP contribution in [-0.2, 0) is 11.2 Å². The standard InChI is InChI=1S/C16H13FN2O2/c17-12-4-1-3-11(9-12)10-14-16(20)19-15(18-14)7-6-13-5-2-8-21-13/h1-5,8-10H,6-7H2,(H,18,19,20)/b14-10+. The minimum atomic E-state index is -0.343. The number of hydrogen-bond donors (Lipinski definition) is 1. The summed E-state index contributed by atoms with van der Waals surface area (Å²) >= 11 is 0. The normalized spacial score (nSPS) is 16.1. The van der Waals surface area contributed by atoms with Crippen LogP contribution in [0.5, 0.6) is 0 Å². The molecule has 106 valence electrons. The number of halogens is 1. The van der Waals surface area contributed by atoms with Crippen molar-refractivity contribution in [1.29, 1.82) is 0 Å². The number of aliphatic imine (C=N–C) groups is 1. The molecule has 1 amide bonds. The number of carbonyl (C=O) groups is 1. The Morgan fingerprint density at radius 1 is 1.24 bits per heavy atom. The third kappa shape index (κ3) is 3.25. The average Bonchev–Trinajstić information content (AvgIpc) is 3.07. The summed E-state index contributed by atoms with van der Waals surface area (Å²) in [4.78, 5) is 16.1. The Labute approximate surface area is 121 Å². The second kappa shape index (κ2) is 5.75. The molecule has 0 unspecified atom stereocenters. The van der Waals surface area contributed by atoms with Gasteiger partial charge in [0, 0.05) is 12.8 Å². The summed E-state index contributed by atoms with van der Waals surface area (Å²) in [7, 11) is 0. The van der Waals surface area contributed by atoms with E-state index in [9.17, 15) is 9.18 Å². The lowest BCUT2D eigenvalue weighted by Gasteiger charge is -1.97. The number of nitrogens with zero attached hydrogens (tertiary/aromatic N) is 1. The van der Waals surface area contributed by atoms with Gasteiger partial charge in [0.15, 0.2) is 0 Å². The molecule has 0 saturated heterocycles. The summed E-state index contributed by atoms with van der Waals surface area (Å²) in [5, 5.41) is 2.71. The Balaban J connectivity index is 1.72. The molecule has 2 heterocycles. The minimum Gasteiger partial charge on any atom is -0.469 e. The van der Waals surface area contributed by atoms with Crippen molar-refractivity contribution in [3.05, 3.63) is 65.5 Å². The van der Waals surface area contributed by atoms with Crippen LogP contribution in [0.25, 0.3) is 6.08 Å². The summed E-state index contributed by atoms with van der Waals surface area (Å²) in [6, 6.07) is 9.72. The maximum Gasteiger partial charge on any atom is 0.275 e. The molecule has 21 heavy (non-hydrogen) atoms. The Kier molecular flexibility index (Phi) is 3.64. The number of furan rings is 1. The molecular weight excluding hydrogens is 271 g/mol. The fourth-order valence-electron chi connectivity index (χ4n) is 2.09. The smallest absolute Gasteiger partial charge is 0.275 e. The van der Waals surface area contributed by atoms with E-state index < -0.39 is 0 Å². The van der Waals surface area contributed by atoms with Crippen molar-refractivity contribution in [2.24, 2.45) is 4.99 Å². The van der Waals surface area contributed by atoms with E-state index >= 15 is 0 Å². The zero-order valence-corrected chi connectivity index (χ0v) is 11.2. The number of benzene rings is 1. The van der Waals surface area contributed by atoms with Crippen molar-refractivity contribution < 1.29 is 13.6 Å². The van der Waals surface area contributed by atoms with Crippen molar-refractivity contribution in [2.45, 2.75) is 12.8 Å². The first kappa shape index (κ1) is 13.3. The van der Waals surface area contributed by atoms with Crippen LogP contribution in [0.1, 0.15) is 17.7 Å². The molecule has 4 nitrogen and oxygen atoms in total. The number of amides is 1. The van der Waals surface area contributed by atoms with Gasteiger partial charge in [-0.2, -0.15) is 0 Å². The molecule has 1 aliphatic rings. The number of hydrogen-bond acceptors (Lipinski definition) is 3. The number of rotatable bonds is 4. The van der Waals surface area contributed by atoms with Crippen LogP contribution in [0.15, 0.2) is 57.8 Å². The summed E-state index contributed by atoms with van der Waals surface area (Å²) < 4.78 is 18.3. The molecule has 1 aromatic heterocycles. The van der Waals surface area contributed by atoms with E-state index in [4.69, 9.17) is 4.42 Å². The minimum absolute atomic E-state index is 0.270. The zero-order valence-electron chi connectivity index (χ0n) is 11.2. The Bertz CT molecular complexity index is 718. The van der Waals surface area contributed by atoms with E-state index in [0.29, 0.717) is 24.2 Å². The lowest BCUT2D eigenvalue weighted by Crippen LogP contribution is -2.24. The summed E-state index contributed by atoms with van der Waals surface area (Å²) in [6.45, 7) is 0. The molecule has 5 heteroatoms. The van der Waals surface area contributed by atoms with Crippen molar-refractivity contribution in [3.8, 4) is 0 Å². The van der Waals surface area contributed by atoms with Crippen LogP contribution in [0.2, 0.25) is 0 Å². The number of aryl methyl sites for hydroxylation is 1. The van der Waals surface area contributed by atoms with Gasteiger partial charge in [-0.05, 0) is 35.9 Å². The highest BCUT2D eigenvalue weighted by Gasteiger charge is 2.19. The fraction of sp³-hybridized carbons (Fsp3) is 0.125. The van der Waals surface area contributed by atoms with E-state index in [2.05, 4.69) is 10.3 Å². The van der Waals surface area contributed by atoms with E-state index in [0.717, 1.165) is 5.76 Å². The molecular formula is C16H13FN2O2. The van der Waals surface area contributed by atoms with Crippen LogP contribution in [0, 0.1) is 5.82 Å².